The molecule has 0 spiro atoms. The molecule has 0 saturated heterocycles. The van der Waals surface area contributed by atoms with Crippen LogP contribution in [0.4, 0.5) is 5.69 Å². The maximum absolute atomic E-state index is 13.0. The summed E-state index contributed by atoms with van der Waals surface area (Å²) in [7, 11) is 0. The van der Waals surface area contributed by atoms with Crippen molar-refractivity contribution < 1.29 is 4.79 Å². The zero-order valence-electron chi connectivity index (χ0n) is 17.0. The Hall–Kier alpha value is -2.59. The normalized spacial score (nSPS) is 11.5. The molecule has 0 aliphatic heterocycles. The van der Waals surface area contributed by atoms with E-state index in [9.17, 15) is 4.79 Å². The van der Waals surface area contributed by atoms with Gasteiger partial charge in [-0.3, -0.25) is 4.79 Å². The molecule has 28 heavy (non-hydrogen) atoms. The van der Waals surface area contributed by atoms with Gasteiger partial charge in [-0.2, -0.15) is 5.10 Å². The number of halogens is 1. The van der Waals surface area contributed by atoms with Gasteiger partial charge < -0.3 is 5.32 Å². The molecule has 1 N–H and O–H groups in total. The van der Waals surface area contributed by atoms with Crippen molar-refractivity contribution in [3.05, 3.63) is 81.6 Å². The van der Waals surface area contributed by atoms with Crippen molar-refractivity contribution >= 4 is 23.2 Å². The van der Waals surface area contributed by atoms with E-state index in [1.54, 1.807) is 4.68 Å². The quantitative estimate of drug-likeness (QED) is 0.611. The molecule has 4 nitrogen and oxygen atoms in total. The summed E-state index contributed by atoms with van der Waals surface area (Å²) >= 11 is 6.54. The van der Waals surface area contributed by atoms with Crippen LogP contribution in [0.15, 0.2) is 48.5 Å². The van der Waals surface area contributed by atoms with Gasteiger partial charge in [0.05, 0.1) is 17.8 Å². The van der Waals surface area contributed by atoms with Gasteiger partial charge in [0.2, 0.25) is 0 Å². The molecule has 3 aromatic rings. The number of aromatic nitrogens is 2. The molecule has 0 atom stereocenters. The van der Waals surface area contributed by atoms with Crippen LogP contribution < -0.4 is 5.32 Å². The molecular formula is C23H26ClN3O. The number of carbonyl (C=O) groups excluding carboxylic acids is 1. The first-order chi connectivity index (χ1) is 13.2. The predicted molar refractivity (Wildman–Crippen MR) is 115 cm³/mol. The van der Waals surface area contributed by atoms with Crippen molar-refractivity contribution in [1.29, 1.82) is 0 Å². The standard InChI is InChI=1S/C23H26ClN3O/c1-15-10-12-17(13-11-15)14-27-21(24)20(16(2)26-27)22(28)25-19-9-7-6-8-18(19)23(3,4)5/h6-13H,14H2,1-5H3,(H,25,28). The molecule has 1 amide bonds. The minimum atomic E-state index is -0.241. The molecule has 0 radical (unpaired) electrons. The van der Waals surface area contributed by atoms with Crippen LogP contribution in [0.1, 0.15) is 53.5 Å². The number of amides is 1. The Morgan fingerprint density at radius 3 is 2.36 bits per heavy atom. The number of nitrogens with one attached hydrogen (secondary N) is 1. The van der Waals surface area contributed by atoms with E-state index < -0.39 is 0 Å². The van der Waals surface area contributed by atoms with E-state index in [4.69, 9.17) is 11.6 Å². The molecule has 1 heterocycles. The van der Waals surface area contributed by atoms with Crippen molar-refractivity contribution in [2.45, 2.75) is 46.6 Å². The first-order valence-electron chi connectivity index (χ1n) is 9.36. The summed E-state index contributed by atoms with van der Waals surface area (Å²) in [6, 6.07) is 16.0. The number of carbonyl (C=O) groups is 1. The van der Waals surface area contributed by atoms with Gasteiger partial charge in [-0.1, -0.05) is 80.4 Å². The van der Waals surface area contributed by atoms with Crippen molar-refractivity contribution in [3.8, 4) is 0 Å². The molecule has 0 bridgehead atoms. The molecule has 0 saturated carbocycles. The van der Waals surface area contributed by atoms with Crippen LogP contribution >= 0.6 is 11.6 Å². The minimum Gasteiger partial charge on any atom is -0.322 e. The fraction of sp³-hybridized carbons (Fsp3) is 0.304. The van der Waals surface area contributed by atoms with Gasteiger partial charge in [-0.05, 0) is 36.5 Å². The number of aryl methyl sites for hydroxylation is 2. The lowest BCUT2D eigenvalue weighted by atomic mass is 9.86. The van der Waals surface area contributed by atoms with Crippen LogP contribution in [-0.4, -0.2) is 15.7 Å². The minimum absolute atomic E-state index is 0.0850. The van der Waals surface area contributed by atoms with Crippen molar-refractivity contribution in [2.75, 3.05) is 5.32 Å². The van der Waals surface area contributed by atoms with Gasteiger partial charge in [-0.15, -0.1) is 0 Å². The Balaban J connectivity index is 1.87. The number of anilines is 1. The van der Waals surface area contributed by atoms with E-state index in [0.717, 1.165) is 16.8 Å². The molecule has 146 valence electrons. The smallest absolute Gasteiger partial charge is 0.260 e. The van der Waals surface area contributed by atoms with Gasteiger partial charge >= 0.3 is 0 Å². The topological polar surface area (TPSA) is 46.9 Å². The highest BCUT2D eigenvalue weighted by Gasteiger charge is 2.23. The second-order valence-electron chi connectivity index (χ2n) is 8.14. The number of hydrogen-bond donors (Lipinski definition) is 1. The molecule has 1 aromatic heterocycles. The highest BCUT2D eigenvalue weighted by Crippen LogP contribution is 2.30. The van der Waals surface area contributed by atoms with Crippen LogP contribution in [0, 0.1) is 13.8 Å². The molecule has 5 heteroatoms. The molecule has 3 rings (SSSR count). The van der Waals surface area contributed by atoms with E-state index in [0.29, 0.717) is 23.0 Å². The first kappa shape index (κ1) is 20.2. The zero-order chi connectivity index (χ0) is 20.5. The van der Waals surface area contributed by atoms with E-state index in [1.807, 2.05) is 50.2 Å². The number of hydrogen-bond acceptors (Lipinski definition) is 2. The lowest BCUT2D eigenvalue weighted by Crippen LogP contribution is -2.19. The van der Waals surface area contributed by atoms with Crippen LogP contribution in [-0.2, 0) is 12.0 Å². The summed E-state index contributed by atoms with van der Waals surface area (Å²) in [5.74, 6) is -0.241. The van der Waals surface area contributed by atoms with E-state index in [-0.39, 0.29) is 11.3 Å². The van der Waals surface area contributed by atoms with E-state index in [2.05, 4.69) is 43.3 Å². The van der Waals surface area contributed by atoms with Gasteiger partial charge in [0.15, 0.2) is 0 Å². The summed E-state index contributed by atoms with van der Waals surface area (Å²) in [6.07, 6.45) is 0. The lowest BCUT2D eigenvalue weighted by molar-refractivity contribution is 0.102. The van der Waals surface area contributed by atoms with E-state index >= 15 is 0 Å². The highest BCUT2D eigenvalue weighted by atomic mass is 35.5. The summed E-state index contributed by atoms with van der Waals surface area (Å²) in [6.45, 7) is 10.7. The van der Waals surface area contributed by atoms with Gasteiger partial charge in [0.25, 0.3) is 5.91 Å². The van der Waals surface area contributed by atoms with Crippen molar-refractivity contribution in [3.63, 3.8) is 0 Å². The molecule has 0 aliphatic carbocycles. The molecule has 2 aromatic carbocycles. The maximum atomic E-state index is 13.0. The first-order valence-corrected chi connectivity index (χ1v) is 9.74. The third kappa shape index (κ3) is 4.28. The summed E-state index contributed by atoms with van der Waals surface area (Å²) in [4.78, 5) is 13.0. The van der Waals surface area contributed by atoms with Crippen LogP contribution in [0.2, 0.25) is 5.15 Å². The summed E-state index contributed by atoms with van der Waals surface area (Å²) in [5.41, 5.74) is 5.09. The summed E-state index contributed by atoms with van der Waals surface area (Å²) < 4.78 is 1.67. The maximum Gasteiger partial charge on any atom is 0.260 e. The molecule has 0 aliphatic rings. The van der Waals surface area contributed by atoms with Crippen LogP contribution in [0.5, 0.6) is 0 Å². The third-order valence-electron chi connectivity index (χ3n) is 4.73. The Morgan fingerprint density at radius 1 is 1.07 bits per heavy atom. The fourth-order valence-electron chi connectivity index (χ4n) is 3.21. The van der Waals surface area contributed by atoms with Crippen molar-refractivity contribution in [2.24, 2.45) is 0 Å². The van der Waals surface area contributed by atoms with Gasteiger partial charge in [0.1, 0.15) is 5.15 Å². The SMILES string of the molecule is Cc1ccc(Cn2nc(C)c(C(=O)Nc3ccccc3C(C)(C)C)c2Cl)cc1. The Kier molecular flexibility index (Phi) is 5.61. The van der Waals surface area contributed by atoms with Gasteiger partial charge in [0, 0.05) is 5.69 Å². The fourth-order valence-corrected chi connectivity index (χ4v) is 3.53. The number of nitrogens with zero attached hydrogens (tertiary/aromatic N) is 2. The largest absolute Gasteiger partial charge is 0.322 e. The molecule has 0 unspecified atom stereocenters. The monoisotopic (exact) mass is 395 g/mol. The number of rotatable bonds is 4. The average Bonchev–Trinajstić information content (AvgIpc) is 2.90. The lowest BCUT2D eigenvalue weighted by Gasteiger charge is -2.23. The van der Waals surface area contributed by atoms with E-state index in [1.165, 1.54) is 5.56 Å². The Labute approximate surface area is 171 Å². The van der Waals surface area contributed by atoms with Crippen molar-refractivity contribution in [1.82, 2.24) is 9.78 Å². The number of benzene rings is 2. The highest BCUT2D eigenvalue weighted by molar-refractivity contribution is 6.33. The molecular weight excluding hydrogens is 370 g/mol. The Morgan fingerprint density at radius 2 is 1.71 bits per heavy atom. The summed E-state index contributed by atoms with van der Waals surface area (Å²) in [5, 5.41) is 7.86. The zero-order valence-corrected chi connectivity index (χ0v) is 17.8. The van der Waals surface area contributed by atoms with Gasteiger partial charge in [-0.25, -0.2) is 4.68 Å². The predicted octanol–water partition coefficient (Wildman–Crippen LogP) is 5.75. The second-order valence-corrected chi connectivity index (χ2v) is 8.50. The van der Waals surface area contributed by atoms with Crippen LogP contribution in [0.3, 0.4) is 0 Å². The average molecular weight is 396 g/mol. The Bertz CT molecular complexity index is 998. The van der Waals surface area contributed by atoms with Crippen LogP contribution in [0.25, 0.3) is 0 Å². The third-order valence-corrected chi connectivity index (χ3v) is 5.11. The second kappa shape index (κ2) is 7.80. The molecule has 0 fully saturated rings. The number of para-hydroxylation sites is 1.